The summed E-state index contributed by atoms with van der Waals surface area (Å²) in [6.07, 6.45) is 8.05. The minimum atomic E-state index is -0.0547. The van der Waals surface area contributed by atoms with E-state index in [1.807, 2.05) is 0 Å². The molecule has 3 N–H and O–H groups in total. The van der Waals surface area contributed by atoms with E-state index in [9.17, 15) is 4.79 Å². The van der Waals surface area contributed by atoms with Crippen LogP contribution in [0.15, 0.2) is 4.99 Å². The highest BCUT2D eigenvalue weighted by Crippen LogP contribution is 2.28. The molecule has 0 heterocycles. The molecule has 1 aliphatic rings. The predicted octanol–water partition coefficient (Wildman–Crippen LogP) is 1.50. The summed E-state index contributed by atoms with van der Waals surface area (Å²) < 4.78 is 4.88. The Labute approximate surface area is 151 Å². The van der Waals surface area contributed by atoms with Gasteiger partial charge in [-0.3, -0.25) is 9.79 Å². The molecule has 0 aromatic carbocycles. The molecule has 0 atom stereocenters. The monoisotopic (exact) mass is 426 g/mol. The Hall–Kier alpha value is -0.570. The molecule has 0 spiro atoms. The molecule has 0 radical (unpaired) electrons. The SMILES string of the molecule is CN=C(NCCCC1CCCC1)NCC(=O)NCCOC.I. The molecule has 0 aromatic heterocycles. The molecule has 6 nitrogen and oxygen atoms in total. The Balaban J connectivity index is 0.00000441. The lowest BCUT2D eigenvalue weighted by Crippen LogP contribution is -2.43. The van der Waals surface area contributed by atoms with E-state index >= 15 is 0 Å². The number of aliphatic imine (C=N–C) groups is 1. The Bertz CT molecular complexity index is 321. The molecular weight excluding hydrogens is 395 g/mol. The summed E-state index contributed by atoms with van der Waals surface area (Å²) >= 11 is 0. The summed E-state index contributed by atoms with van der Waals surface area (Å²) in [4.78, 5) is 15.6. The van der Waals surface area contributed by atoms with Gasteiger partial charge in [-0.2, -0.15) is 0 Å². The van der Waals surface area contributed by atoms with E-state index in [2.05, 4.69) is 20.9 Å². The maximum Gasteiger partial charge on any atom is 0.239 e. The summed E-state index contributed by atoms with van der Waals surface area (Å²) in [7, 11) is 3.33. The number of ether oxygens (including phenoxy) is 1. The van der Waals surface area contributed by atoms with Crippen LogP contribution in [0.5, 0.6) is 0 Å². The van der Waals surface area contributed by atoms with E-state index in [4.69, 9.17) is 4.74 Å². The lowest BCUT2D eigenvalue weighted by Gasteiger charge is -2.13. The molecule has 1 rings (SSSR count). The highest BCUT2D eigenvalue weighted by atomic mass is 127. The average molecular weight is 426 g/mol. The summed E-state index contributed by atoms with van der Waals surface area (Å²) in [6, 6.07) is 0. The van der Waals surface area contributed by atoms with Crippen LogP contribution >= 0.6 is 24.0 Å². The smallest absolute Gasteiger partial charge is 0.239 e. The van der Waals surface area contributed by atoms with Crippen LogP contribution < -0.4 is 16.0 Å². The number of nitrogens with zero attached hydrogens (tertiary/aromatic N) is 1. The number of amides is 1. The zero-order chi connectivity index (χ0) is 15.3. The van der Waals surface area contributed by atoms with Crippen LogP contribution in [0.3, 0.4) is 0 Å². The lowest BCUT2D eigenvalue weighted by molar-refractivity contribution is -0.120. The molecule has 0 bridgehead atoms. The van der Waals surface area contributed by atoms with Crippen molar-refractivity contribution in [3.63, 3.8) is 0 Å². The standard InChI is InChI=1S/C15H30N4O2.HI/c1-16-15(19-12-14(20)17-10-11-21-2)18-9-5-8-13-6-3-4-7-13;/h13H,3-12H2,1-2H3,(H,17,20)(H2,16,18,19);1H. The molecule has 1 amide bonds. The van der Waals surface area contributed by atoms with Crippen LogP contribution in [0.1, 0.15) is 38.5 Å². The Kier molecular flexibility index (Phi) is 13.7. The number of methoxy groups -OCH3 is 1. The van der Waals surface area contributed by atoms with Crippen molar-refractivity contribution in [3.8, 4) is 0 Å². The number of carbonyl (C=O) groups excluding carboxylic acids is 1. The van der Waals surface area contributed by atoms with Gasteiger partial charge in [0.25, 0.3) is 0 Å². The quantitative estimate of drug-likeness (QED) is 0.226. The number of hydrogen-bond acceptors (Lipinski definition) is 3. The summed E-state index contributed by atoms with van der Waals surface area (Å²) in [5, 5.41) is 9.02. The van der Waals surface area contributed by atoms with Crippen LogP contribution in [-0.4, -0.2) is 52.3 Å². The molecule has 1 fully saturated rings. The first kappa shape index (κ1) is 21.4. The zero-order valence-electron chi connectivity index (χ0n) is 13.8. The highest BCUT2D eigenvalue weighted by Gasteiger charge is 2.14. The third-order valence-corrected chi connectivity index (χ3v) is 3.82. The molecule has 130 valence electrons. The van der Waals surface area contributed by atoms with Gasteiger partial charge in [0.2, 0.25) is 5.91 Å². The predicted molar refractivity (Wildman–Crippen MR) is 101 cm³/mol. The van der Waals surface area contributed by atoms with Crippen LogP contribution in [0.4, 0.5) is 0 Å². The van der Waals surface area contributed by atoms with Crippen LogP contribution in [0.2, 0.25) is 0 Å². The lowest BCUT2D eigenvalue weighted by atomic mass is 10.0. The van der Waals surface area contributed by atoms with Gasteiger partial charge in [0, 0.05) is 27.2 Å². The highest BCUT2D eigenvalue weighted by molar-refractivity contribution is 14.0. The summed E-state index contributed by atoms with van der Waals surface area (Å²) in [6.45, 7) is 2.19. The van der Waals surface area contributed by atoms with E-state index in [0.717, 1.165) is 18.9 Å². The summed E-state index contributed by atoms with van der Waals surface area (Å²) in [5.41, 5.74) is 0. The van der Waals surface area contributed by atoms with Gasteiger partial charge in [0.15, 0.2) is 5.96 Å². The van der Waals surface area contributed by atoms with Gasteiger partial charge < -0.3 is 20.7 Å². The second-order valence-electron chi connectivity index (χ2n) is 5.49. The topological polar surface area (TPSA) is 74.8 Å². The molecule has 1 aliphatic carbocycles. The molecule has 22 heavy (non-hydrogen) atoms. The largest absolute Gasteiger partial charge is 0.383 e. The van der Waals surface area contributed by atoms with Crippen molar-refractivity contribution in [2.45, 2.75) is 38.5 Å². The minimum Gasteiger partial charge on any atom is -0.383 e. The number of rotatable bonds is 9. The number of nitrogens with one attached hydrogen (secondary N) is 3. The fraction of sp³-hybridized carbons (Fsp3) is 0.867. The maximum atomic E-state index is 11.5. The minimum absolute atomic E-state index is 0. The van der Waals surface area contributed by atoms with Crippen LogP contribution in [0.25, 0.3) is 0 Å². The van der Waals surface area contributed by atoms with Crippen LogP contribution in [-0.2, 0) is 9.53 Å². The molecule has 0 saturated heterocycles. The molecule has 0 unspecified atom stereocenters. The zero-order valence-corrected chi connectivity index (χ0v) is 16.2. The van der Waals surface area contributed by atoms with Gasteiger partial charge in [-0.1, -0.05) is 25.7 Å². The average Bonchev–Trinajstić information content (AvgIpc) is 3.00. The van der Waals surface area contributed by atoms with E-state index in [0.29, 0.717) is 19.1 Å². The molecular formula is C15H31IN4O2. The van der Waals surface area contributed by atoms with Gasteiger partial charge in [0.1, 0.15) is 0 Å². The Morgan fingerprint density at radius 2 is 1.91 bits per heavy atom. The fourth-order valence-corrected chi connectivity index (χ4v) is 2.64. The number of guanidine groups is 1. The molecule has 1 saturated carbocycles. The number of carbonyl (C=O) groups is 1. The maximum absolute atomic E-state index is 11.5. The summed E-state index contributed by atoms with van der Waals surface area (Å²) in [5.74, 6) is 1.55. The van der Waals surface area contributed by atoms with Crippen molar-refractivity contribution < 1.29 is 9.53 Å². The van der Waals surface area contributed by atoms with Gasteiger partial charge >= 0.3 is 0 Å². The van der Waals surface area contributed by atoms with Crippen molar-refractivity contribution in [2.75, 3.05) is 40.4 Å². The van der Waals surface area contributed by atoms with E-state index < -0.39 is 0 Å². The molecule has 0 aliphatic heterocycles. The van der Waals surface area contributed by atoms with Crippen LogP contribution in [0, 0.1) is 5.92 Å². The Morgan fingerprint density at radius 3 is 2.55 bits per heavy atom. The van der Waals surface area contributed by atoms with Gasteiger partial charge in [0.05, 0.1) is 13.2 Å². The van der Waals surface area contributed by atoms with Crippen molar-refractivity contribution in [3.05, 3.63) is 0 Å². The van der Waals surface area contributed by atoms with Crippen molar-refractivity contribution in [1.29, 1.82) is 0 Å². The second-order valence-corrected chi connectivity index (χ2v) is 5.49. The van der Waals surface area contributed by atoms with Gasteiger partial charge in [-0.05, 0) is 18.8 Å². The number of halogens is 1. The van der Waals surface area contributed by atoms with Crippen molar-refractivity contribution >= 4 is 35.8 Å². The Morgan fingerprint density at radius 1 is 1.18 bits per heavy atom. The third-order valence-electron chi connectivity index (χ3n) is 3.82. The fourth-order valence-electron chi connectivity index (χ4n) is 2.64. The van der Waals surface area contributed by atoms with E-state index in [1.165, 1.54) is 32.1 Å². The molecule has 7 heteroatoms. The number of hydrogen-bond donors (Lipinski definition) is 3. The first-order valence-electron chi connectivity index (χ1n) is 7.96. The van der Waals surface area contributed by atoms with Gasteiger partial charge in [-0.25, -0.2) is 0 Å². The van der Waals surface area contributed by atoms with E-state index in [1.54, 1.807) is 14.2 Å². The normalized spacial score (nSPS) is 15.3. The van der Waals surface area contributed by atoms with Crippen molar-refractivity contribution in [1.82, 2.24) is 16.0 Å². The first-order valence-corrected chi connectivity index (χ1v) is 7.96. The molecule has 0 aromatic rings. The van der Waals surface area contributed by atoms with Gasteiger partial charge in [-0.15, -0.1) is 24.0 Å². The first-order chi connectivity index (χ1) is 10.3. The van der Waals surface area contributed by atoms with Crippen molar-refractivity contribution in [2.24, 2.45) is 10.9 Å². The third kappa shape index (κ3) is 10.2. The second kappa shape index (κ2) is 14.0. The van der Waals surface area contributed by atoms with E-state index in [-0.39, 0.29) is 36.4 Å².